The van der Waals surface area contributed by atoms with E-state index in [9.17, 15) is 4.79 Å². The lowest BCUT2D eigenvalue weighted by atomic mass is 9.88. The van der Waals surface area contributed by atoms with Gasteiger partial charge in [0.25, 0.3) is 0 Å². The molecule has 1 aliphatic heterocycles. The monoisotopic (exact) mass is 280 g/mol. The van der Waals surface area contributed by atoms with Crippen LogP contribution in [0.15, 0.2) is 59.7 Å². The largest absolute Gasteiger partial charge is 0.465 e. The Morgan fingerprint density at radius 3 is 2.67 bits per heavy atom. The molecule has 21 heavy (non-hydrogen) atoms. The van der Waals surface area contributed by atoms with Gasteiger partial charge in [0.05, 0.1) is 24.6 Å². The topological polar surface area (TPSA) is 54.5 Å². The third-order valence-corrected chi connectivity index (χ3v) is 3.64. The average molecular weight is 280 g/mol. The second-order valence-electron chi connectivity index (χ2n) is 4.89. The van der Waals surface area contributed by atoms with Crippen LogP contribution in [0.2, 0.25) is 0 Å². The zero-order valence-corrected chi connectivity index (χ0v) is 11.7. The second-order valence-corrected chi connectivity index (χ2v) is 4.89. The Balaban J connectivity index is 1.95. The van der Waals surface area contributed by atoms with Gasteiger partial charge in [-0.1, -0.05) is 18.2 Å². The van der Waals surface area contributed by atoms with Crippen LogP contribution in [0.4, 0.5) is 0 Å². The fourth-order valence-electron chi connectivity index (χ4n) is 2.60. The van der Waals surface area contributed by atoms with E-state index in [0.717, 1.165) is 11.3 Å². The Morgan fingerprint density at radius 1 is 1.29 bits per heavy atom. The minimum atomic E-state index is -0.322. The van der Waals surface area contributed by atoms with Gasteiger partial charge in [-0.2, -0.15) is 0 Å². The number of H-pyrrole nitrogens is 1. The molecule has 1 aromatic carbocycles. The van der Waals surface area contributed by atoms with Crippen molar-refractivity contribution in [2.45, 2.75) is 12.0 Å². The molecule has 4 nitrogen and oxygen atoms in total. The van der Waals surface area contributed by atoms with Gasteiger partial charge >= 0.3 is 5.97 Å². The number of rotatable bonds is 4. The summed E-state index contributed by atoms with van der Waals surface area (Å²) in [6.45, 7) is 0. The first-order chi connectivity index (χ1) is 10.3. The lowest BCUT2D eigenvalue weighted by Gasteiger charge is -2.20. The van der Waals surface area contributed by atoms with Gasteiger partial charge in [-0.3, -0.25) is 4.99 Å². The molecule has 3 rings (SSSR count). The number of nitrogens with one attached hydrogen (secondary N) is 1. The highest BCUT2D eigenvalue weighted by Crippen LogP contribution is 2.31. The number of esters is 1. The normalized spacial score (nSPS) is 17.9. The minimum absolute atomic E-state index is 0.0765. The highest BCUT2D eigenvalue weighted by Gasteiger charge is 2.24. The molecule has 0 aliphatic carbocycles. The molecule has 2 atom stereocenters. The zero-order valence-electron chi connectivity index (χ0n) is 11.7. The molecule has 0 bridgehead atoms. The van der Waals surface area contributed by atoms with Crippen molar-refractivity contribution in [1.29, 1.82) is 0 Å². The fourth-order valence-corrected chi connectivity index (χ4v) is 2.60. The van der Waals surface area contributed by atoms with Gasteiger partial charge in [-0.15, -0.1) is 0 Å². The van der Waals surface area contributed by atoms with Crippen LogP contribution < -0.4 is 0 Å². The maximum absolute atomic E-state index is 11.5. The van der Waals surface area contributed by atoms with Crippen LogP contribution in [0.3, 0.4) is 0 Å². The molecule has 4 heteroatoms. The van der Waals surface area contributed by atoms with E-state index in [1.165, 1.54) is 7.11 Å². The number of ether oxygens (including phenoxy) is 1. The van der Waals surface area contributed by atoms with Crippen molar-refractivity contribution in [3.8, 4) is 0 Å². The van der Waals surface area contributed by atoms with Gasteiger partial charge in [-0.25, -0.2) is 4.79 Å². The molecule has 1 aliphatic rings. The number of aromatic nitrogens is 1. The van der Waals surface area contributed by atoms with Crippen LogP contribution >= 0.6 is 0 Å². The van der Waals surface area contributed by atoms with Crippen LogP contribution in [-0.2, 0) is 4.74 Å². The minimum Gasteiger partial charge on any atom is -0.465 e. The molecule has 2 unspecified atom stereocenters. The van der Waals surface area contributed by atoms with Crippen LogP contribution in [0.5, 0.6) is 0 Å². The third-order valence-electron chi connectivity index (χ3n) is 3.64. The number of benzene rings is 1. The van der Waals surface area contributed by atoms with Crippen molar-refractivity contribution in [3.63, 3.8) is 0 Å². The molecule has 0 radical (unpaired) electrons. The standard InChI is InChI=1S/C17H16N2O2/c1-21-17(20)13-8-6-12(7-9-13)16(14-4-2-10-18-14)15-5-3-11-19-15/h2-11,14,16,19H,1H3. The molecule has 2 heterocycles. The summed E-state index contributed by atoms with van der Waals surface area (Å²) in [6.07, 6.45) is 7.78. The van der Waals surface area contributed by atoms with E-state index in [1.807, 2.05) is 36.7 Å². The van der Waals surface area contributed by atoms with E-state index < -0.39 is 0 Å². The Kier molecular flexibility index (Phi) is 3.69. The molecule has 2 aromatic rings. The summed E-state index contributed by atoms with van der Waals surface area (Å²) in [4.78, 5) is 19.3. The number of aliphatic imine (C=N–C) groups is 1. The lowest BCUT2D eigenvalue weighted by Crippen LogP contribution is -2.15. The summed E-state index contributed by atoms with van der Waals surface area (Å²) in [5.74, 6) is -0.210. The van der Waals surface area contributed by atoms with Crippen molar-refractivity contribution >= 4 is 12.2 Å². The quantitative estimate of drug-likeness (QED) is 0.875. The number of carbonyl (C=O) groups excluding carboxylic acids is 1. The Bertz CT molecular complexity index is 657. The maximum atomic E-state index is 11.5. The highest BCUT2D eigenvalue weighted by atomic mass is 16.5. The number of methoxy groups -OCH3 is 1. The van der Waals surface area contributed by atoms with E-state index in [0.29, 0.717) is 5.56 Å². The first-order valence-electron chi connectivity index (χ1n) is 6.81. The van der Waals surface area contributed by atoms with Gasteiger partial charge in [0, 0.05) is 18.1 Å². The van der Waals surface area contributed by atoms with Crippen LogP contribution in [0.25, 0.3) is 0 Å². The summed E-state index contributed by atoms with van der Waals surface area (Å²) in [5.41, 5.74) is 2.77. The fraction of sp³-hybridized carbons (Fsp3) is 0.176. The Hall–Kier alpha value is -2.62. The lowest BCUT2D eigenvalue weighted by molar-refractivity contribution is 0.0600. The van der Waals surface area contributed by atoms with Crippen molar-refractivity contribution in [2.24, 2.45) is 4.99 Å². The van der Waals surface area contributed by atoms with Gasteiger partial charge in [0.2, 0.25) is 0 Å². The first kappa shape index (κ1) is 13.4. The molecular formula is C17H16N2O2. The van der Waals surface area contributed by atoms with Gasteiger partial charge in [-0.05, 0) is 35.9 Å². The van der Waals surface area contributed by atoms with Crippen molar-refractivity contribution in [3.05, 3.63) is 71.6 Å². The van der Waals surface area contributed by atoms with E-state index in [2.05, 4.69) is 22.1 Å². The zero-order chi connectivity index (χ0) is 14.7. The molecule has 0 spiro atoms. The summed E-state index contributed by atoms with van der Waals surface area (Å²) in [5, 5.41) is 0. The molecule has 1 aromatic heterocycles. The predicted octanol–water partition coefficient (Wildman–Crippen LogP) is 2.94. The summed E-state index contributed by atoms with van der Waals surface area (Å²) >= 11 is 0. The Labute approximate surface area is 123 Å². The molecule has 0 amide bonds. The summed E-state index contributed by atoms with van der Waals surface area (Å²) in [6, 6.07) is 11.6. The number of nitrogens with zero attached hydrogens (tertiary/aromatic N) is 1. The number of allylic oxidation sites excluding steroid dienone is 1. The van der Waals surface area contributed by atoms with Crippen LogP contribution in [0, 0.1) is 0 Å². The van der Waals surface area contributed by atoms with E-state index in [4.69, 9.17) is 4.74 Å². The third kappa shape index (κ3) is 2.65. The SMILES string of the molecule is COC(=O)c1ccc(C(c2ccc[nH]2)C2C=CC=N2)cc1. The highest BCUT2D eigenvalue weighted by molar-refractivity contribution is 5.89. The summed E-state index contributed by atoms with van der Waals surface area (Å²) < 4.78 is 4.73. The first-order valence-corrected chi connectivity index (χ1v) is 6.81. The molecule has 106 valence electrons. The second kappa shape index (κ2) is 5.79. The number of hydrogen-bond acceptors (Lipinski definition) is 3. The molecule has 0 saturated heterocycles. The molecule has 0 fully saturated rings. The van der Waals surface area contributed by atoms with E-state index >= 15 is 0 Å². The number of carbonyl (C=O) groups is 1. The van der Waals surface area contributed by atoms with Crippen LogP contribution in [-0.4, -0.2) is 30.3 Å². The molecular weight excluding hydrogens is 264 g/mol. The van der Waals surface area contributed by atoms with Gasteiger partial charge < -0.3 is 9.72 Å². The van der Waals surface area contributed by atoms with Crippen molar-refractivity contribution in [2.75, 3.05) is 7.11 Å². The molecule has 0 saturated carbocycles. The summed E-state index contributed by atoms with van der Waals surface area (Å²) in [7, 11) is 1.38. The Morgan fingerprint density at radius 2 is 2.10 bits per heavy atom. The van der Waals surface area contributed by atoms with Gasteiger partial charge in [0.1, 0.15) is 0 Å². The molecule has 1 N–H and O–H groups in total. The van der Waals surface area contributed by atoms with Crippen molar-refractivity contribution < 1.29 is 9.53 Å². The maximum Gasteiger partial charge on any atom is 0.337 e. The number of aromatic amines is 1. The average Bonchev–Trinajstić information content (AvgIpc) is 3.21. The number of hydrogen-bond donors (Lipinski definition) is 1. The van der Waals surface area contributed by atoms with Crippen molar-refractivity contribution in [1.82, 2.24) is 4.98 Å². The van der Waals surface area contributed by atoms with E-state index in [-0.39, 0.29) is 17.9 Å². The predicted molar refractivity (Wildman–Crippen MR) is 81.8 cm³/mol. The van der Waals surface area contributed by atoms with E-state index in [1.54, 1.807) is 12.1 Å². The smallest absolute Gasteiger partial charge is 0.337 e. The van der Waals surface area contributed by atoms with Gasteiger partial charge in [0.15, 0.2) is 0 Å². The van der Waals surface area contributed by atoms with Crippen LogP contribution in [0.1, 0.15) is 27.5 Å².